The van der Waals surface area contributed by atoms with Crippen molar-refractivity contribution in [2.24, 2.45) is 5.73 Å². The Bertz CT molecular complexity index is 299. The predicted molar refractivity (Wildman–Crippen MR) is 68.3 cm³/mol. The highest BCUT2D eigenvalue weighted by Crippen LogP contribution is 2.31. The van der Waals surface area contributed by atoms with Gasteiger partial charge in [0, 0.05) is 6.04 Å². The largest absolute Gasteiger partial charge is 0.324 e. The van der Waals surface area contributed by atoms with Gasteiger partial charge in [-0.2, -0.15) is 11.8 Å². The molecule has 0 aliphatic carbocycles. The van der Waals surface area contributed by atoms with Gasteiger partial charge in [-0.05, 0) is 48.3 Å². The molecule has 15 heavy (non-hydrogen) atoms. The van der Waals surface area contributed by atoms with Crippen LogP contribution in [0.5, 0.6) is 0 Å². The Kier molecular flexibility index (Phi) is 3.71. The third kappa shape index (κ3) is 2.76. The summed E-state index contributed by atoms with van der Waals surface area (Å²) >= 11 is 2.08. The van der Waals surface area contributed by atoms with Crippen molar-refractivity contribution >= 4 is 11.8 Å². The molecule has 1 atom stereocenters. The summed E-state index contributed by atoms with van der Waals surface area (Å²) in [6, 6.07) is 9.04. The fraction of sp³-hybridized carbons (Fsp3) is 0.538. The van der Waals surface area contributed by atoms with Crippen molar-refractivity contribution in [3.63, 3.8) is 0 Å². The minimum absolute atomic E-state index is 0.154. The van der Waals surface area contributed by atoms with Crippen molar-refractivity contribution in [1.29, 1.82) is 0 Å². The zero-order chi connectivity index (χ0) is 10.7. The van der Waals surface area contributed by atoms with Crippen molar-refractivity contribution in [3.05, 3.63) is 35.4 Å². The smallest absolute Gasteiger partial charge is 0.0266 e. The molecule has 1 aliphatic heterocycles. The normalized spacial score (nSPS) is 20.1. The lowest BCUT2D eigenvalue weighted by atomic mass is 9.92. The van der Waals surface area contributed by atoms with E-state index in [-0.39, 0.29) is 6.04 Å². The number of nitrogens with two attached hydrogens (primary N) is 1. The van der Waals surface area contributed by atoms with Gasteiger partial charge in [-0.15, -0.1) is 0 Å². The molecule has 2 heteroatoms. The zero-order valence-electron chi connectivity index (χ0n) is 9.28. The maximum atomic E-state index is 5.84. The van der Waals surface area contributed by atoms with Crippen LogP contribution in [-0.2, 0) is 0 Å². The van der Waals surface area contributed by atoms with Crippen LogP contribution in [0.2, 0.25) is 0 Å². The van der Waals surface area contributed by atoms with Gasteiger partial charge in [-0.3, -0.25) is 0 Å². The van der Waals surface area contributed by atoms with Crippen LogP contribution >= 0.6 is 11.8 Å². The van der Waals surface area contributed by atoms with E-state index in [1.165, 1.54) is 35.5 Å². The molecule has 1 aromatic carbocycles. The molecular weight excluding hydrogens is 202 g/mol. The van der Waals surface area contributed by atoms with Crippen LogP contribution in [0.1, 0.15) is 42.9 Å². The molecule has 0 radical (unpaired) electrons. The average Bonchev–Trinajstić information content (AvgIpc) is 2.30. The van der Waals surface area contributed by atoms with E-state index in [9.17, 15) is 0 Å². The number of rotatable bonds is 2. The van der Waals surface area contributed by atoms with Crippen LogP contribution in [0.3, 0.4) is 0 Å². The van der Waals surface area contributed by atoms with E-state index in [2.05, 4.69) is 36.0 Å². The average molecular weight is 221 g/mol. The van der Waals surface area contributed by atoms with E-state index >= 15 is 0 Å². The molecule has 0 aromatic heterocycles. The summed E-state index contributed by atoms with van der Waals surface area (Å²) in [5.41, 5.74) is 8.58. The lowest BCUT2D eigenvalue weighted by Gasteiger charge is -2.22. The van der Waals surface area contributed by atoms with Gasteiger partial charge in [-0.25, -0.2) is 0 Å². The van der Waals surface area contributed by atoms with Crippen molar-refractivity contribution in [3.8, 4) is 0 Å². The first kappa shape index (κ1) is 11.0. The number of hydrogen-bond donors (Lipinski definition) is 1. The predicted octanol–water partition coefficient (Wildman–Crippen LogP) is 3.32. The van der Waals surface area contributed by atoms with Gasteiger partial charge in [0.2, 0.25) is 0 Å². The van der Waals surface area contributed by atoms with E-state index in [1.807, 2.05) is 6.92 Å². The maximum Gasteiger partial charge on any atom is 0.0266 e. The lowest BCUT2D eigenvalue weighted by Crippen LogP contribution is -2.09. The molecule has 1 aromatic rings. The summed E-state index contributed by atoms with van der Waals surface area (Å²) in [6.07, 6.45) is 2.67. The molecule has 2 rings (SSSR count). The second kappa shape index (κ2) is 5.04. The summed E-state index contributed by atoms with van der Waals surface area (Å²) in [4.78, 5) is 0. The van der Waals surface area contributed by atoms with Gasteiger partial charge in [0.1, 0.15) is 0 Å². The van der Waals surface area contributed by atoms with Crippen molar-refractivity contribution in [2.45, 2.75) is 31.7 Å². The second-order valence-electron chi connectivity index (χ2n) is 4.34. The third-order valence-electron chi connectivity index (χ3n) is 3.15. The van der Waals surface area contributed by atoms with E-state index in [4.69, 9.17) is 5.73 Å². The van der Waals surface area contributed by atoms with E-state index in [0.717, 1.165) is 5.92 Å². The molecule has 1 saturated heterocycles. The highest BCUT2D eigenvalue weighted by molar-refractivity contribution is 7.99. The van der Waals surface area contributed by atoms with Crippen LogP contribution in [0.15, 0.2) is 24.3 Å². The van der Waals surface area contributed by atoms with Crippen LogP contribution < -0.4 is 5.73 Å². The molecule has 1 nitrogen and oxygen atoms in total. The van der Waals surface area contributed by atoms with Crippen molar-refractivity contribution < 1.29 is 0 Å². The summed E-state index contributed by atoms with van der Waals surface area (Å²) in [7, 11) is 0. The first-order chi connectivity index (χ1) is 7.27. The minimum atomic E-state index is 0.154. The highest BCUT2D eigenvalue weighted by Gasteiger charge is 2.15. The summed E-state index contributed by atoms with van der Waals surface area (Å²) in [6.45, 7) is 2.03. The first-order valence-electron chi connectivity index (χ1n) is 5.70. The van der Waals surface area contributed by atoms with Gasteiger partial charge in [0.05, 0.1) is 0 Å². The molecule has 1 unspecified atom stereocenters. The van der Waals surface area contributed by atoms with Gasteiger partial charge >= 0.3 is 0 Å². The summed E-state index contributed by atoms with van der Waals surface area (Å²) in [5.74, 6) is 3.42. The van der Waals surface area contributed by atoms with Gasteiger partial charge in [0.25, 0.3) is 0 Å². The van der Waals surface area contributed by atoms with Gasteiger partial charge < -0.3 is 5.73 Å². The zero-order valence-corrected chi connectivity index (χ0v) is 10.1. The number of thioether (sulfide) groups is 1. The summed E-state index contributed by atoms with van der Waals surface area (Å²) < 4.78 is 0. The minimum Gasteiger partial charge on any atom is -0.324 e. The first-order valence-corrected chi connectivity index (χ1v) is 6.86. The topological polar surface area (TPSA) is 26.0 Å². The van der Waals surface area contributed by atoms with E-state index < -0.39 is 0 Å². The Labute approximate surface area is 96.4 Å². The van der Waals surface area contributed by atoms with Crippen molar-refractivity contribution in [1.82, 2.24) is 0 Å². The Morgan fingerprint density at radius 2 is 1.80 bits per heavy atom. The molecule has 0 amide bonds. The molecule has 0 bridgehead atoms. The van der Waals surface area contributed by atoms with Crippen LogP contribution in [0.25, 0.3) is 0 Å². The standard InChI is InChI=1S/C13H19NS/c1-10(14)11-2-4-12(5-3-11)13-6-8-15-9-7-13/h2-5,10,13H,6-9,14H2,1H3. The van der Waals surface area contributed by atoms with Crippen molar-refractivity contribution in [2.75, 3.05) is 11.5 Å². The third-order valence-corrected chi connectivity index (χ3v) is 4.20. The van der Waals surface area contributed by atoms with Crippen LogP contribution in [-0.4, -0.2) is 11.5 Å². The summed E-state index contributed by atoms with van der Waals surface area (Å²) in [5, 5.41) is 0. The second-order valence-corrected chi connectivity index (χ2v) is 5.57. The van der Waals surface area contributed by atoms with Gasteiger partial charge in [0.15, 0.2) is 0 Å². The van der Waals surface area contributed by atoms with Crippen LogP contribution in [0.4, 0.5) is 0 Å². The highest BCUT2D eigenvalue weighted by atomic mass is 32.2. The Balaban J connectivity index is 2.08. The fourth-order valence-electron chi connectivity index (χ4n) is 2.10. The molecule has 1 heterocycles. The fourth-order valence-corrected chi connectivity index (χ4v) is 3.21. The lowest BCUT2D eigenvalue weighted by molar-refractivity contribution is 0.636. The molecule has 0 spiro atoms. The Hall–Kier alpha value is -0.470. The Morgan fingerprint density at radius 3 is 2.33 bits per heavy atom. The maximum absolute atomic E-state index is 5.84. The van der Waals surface area contributed by atoms with E-state index in [1.54, 1.807) is 0 Å². The van der Waals surface area contributed by atoms with E-state index in [0.29, 0.717) is 0 Å². The monoisotopic (exact) mass is 221 g/mol. The van der Waals surface area contributed by atoms with Gasteiger partial charge in [-0.1, -0.05) is 24.3 Å². The molecule has 1 fully saturated rings. The van der Waals surface area contributed by atoms with Crippen LogP contribution in [0, 0.1) is 0 Å². The number of hydrogen-bond acceptors (Lipinski definition) is 2. The molecule has 1 aliphatic rings. The number of benzene rings is 1. The Morgan fingerprint density at radius 1 is 1.20 bits per heavy atom. The quantitative estimate of drug-likeness (QED) is 0.829. The molecule has 0 saturated carbocycles. The SMILES string of the molecule is CC(N)c1ccc(C2CCSCC2)cc1. The molecular formula is C13H19NS. The molecule has 2 N–H and O–H groups in total. The molecule has 82 valence electrons.